The number of amides is 1. The second-order valence-electron chi connectivity index (χ2n) is 7.24. The summed E-state index contributed by atoms with van der Waals surface area (Å²) in [7, 11) is 0. The molecule has 6 nitrogen and oxygen atoms in total. The van der Waals surface area contributed by atoms with Gasteiger partial charge in [-0.1, -0.05) is 38.9 Å². The molecule has 1 N–H and O–H groups in total. The van der Waals surface area contributed by atoms with Crippen LogP contribution in [0.2, 0.25) is 0 Å². The zero-order valence-corrected chi connectivity index (χ0v) is 18.2. The van der Waals surface area contributed by atoms with Gasteiger partial charge in [0.05, 0.1) is 11.3 Å². The molecule has 0 aliphatic carbocycles. The average molecular weight is 469 g/mol. The predicted octanol–water partition coefficient (Wildman–Crippen LogP) is 2.50. The molecule has 2 aromatic carbocycles. The SMILES string of the molecule is Cc1cc(C)c2c(c1)/C(=c1/sc3n(c1=O)CN(c1ccc(Br)cc1)CN=3)C(=O)N2. The fraction of sp³-hybridized carbons (Fsp3) is 0.190. The van der Waals surface area contributed by atoms with Gasteiger partial charge in [-0.3, -0.25) is 14.2 Å². The molecule has 1 amide bonds. The van der Waals surface area contributed by atoms with Gasteiger partial charge in [0.15, 0.2) is 4.80 Å². The van der Waals surface area contributed by atoms with Crippen LogP contribution in [0.4, 0.5) is 11.4 Å². The molecule has 3 aromatic rings. The van der Waals surface area contributed by atoms with Crippen LogP contribution in [0.25, 0.3) is 5.57 Å². The Morgan fingerprint density at radius 3 is 2.66 bits per heavy atom. The van der Waals surface area contributed by atoms with Gasteiger partial charge >= 0.3 is 0 Å². The van der Waals surface area contributed by atoms with Gasteiger partial charge in [-0.05, 0) is 49.7 Å². The van der Waals surface area contributed by atoms with Crippen molar-refractivity contribution >= 4 is 50.1 Å². The van der Waals surface area contributed by atoms with Crippen LogP contribution in [0.5, 0.6) is 0 Å². The van der Waals surface area contributed by atoms with Crippen molar-refractivity contribution in [3.05, 3.63) is 77.2 Å². The van der Waals surface area contributed by atoms with Crippen LogP contribution in [0.1, 0.15) is 16.7 Å². The number of carbonyl (C=O) groups excluding carboxylic acids is 1. The van der Waals surface area contributed by atoms with E-state index < -0.39 is 0 Å². The molecule has 0 radical (unpaired) electrons. The molecular formula is C21H17BrN4O2S. The molecule has 0 saturated carbocycles. The molecule has 0 bridgehead atoms. The highest BCUT2D eigenvalue weighted by Gasteiger charge is 2.29. The minimum absolute atomic E-state index is 0.173. The van der Waals surface area contributed by atoms with Crippen molar-refractivity contribution in [1.29, 1.82) is 0 Å². The molecule has 8 heteroatoms. The summed E-state index contributed by atoms with van der Waals surface area (Å²) in [4.78, 5) is 33.2. The standard InChI is InChI=1S/C21H17BrN4O2S/c1-11-7-12(2)17-15(8-11)16(19(27)24-17)18-20(28)26-10-25(9-23-21(26)29-18)14-5-3-13(22)4-6-14/h3-8H,9-10H2,1-2H3,(H,24,27)/b18-16-. The Kier molecular flexibility index (Phi) is 4.22. The topological polar surface area (TPSA) is 66.7 Å². The van der Waals surface area contributed by atoms with Crippen molar-refractivity contribution in [2.45, 2.75) is 20.5 Å². The number of carbonyl (C=O) groups is 1. The number of hydrogen-bond acceptors (Lipinski definition) is 5. The van der Waals surface area contributed by atoms with Crippen molar-refractivity contribution in [2.75, 3.05) is 16.9 Å². The van der Waals surface area contributed by atoms with Gasteiger partial charge in [0.2, 0.25) is 0 Å². The number of rotatable bonds is 1. The molecule has 5 rings (SSSR count). The molecule has 0 atom stereocenters. The normalized spacial score (nSPS) is 16.9. The number of nitrogens with one attached hydrogen (secondary N) is 1. The second-order valence-corrected chi connectivity index (χ2v) is 9.13. The summed E-state index contributed by atoms with van der Waals surface area (Å²) in [6.45, 7) is 4.83. The van der Waals surface area contributed by atoms with Crippen molar-refractivity contribution in [1.82, 2.24) is 4.57 Å². The van der Waals surface area contributed by atoms with E-state index in [9.17, 15) is 9.59 Å². The molecule has 0 unspecified atom stereocenters. The van der Waals surface area contributed by atoms with E-state index in [0.717, 1.165) is 32.5 Å². The number of halogens is 1. The quantitative estimate of drug-likeness (QED) is 0.596. The van der Waals surface area contributed by atoms with Gasteiger partial charge in [0.1, 0.15) is 17.9 Å². The van der Waals surface area contributed by atoms with E-state index in [-0.39, 0.29) is 11.5 Å². The number of nitrogens with zero attached hydrogens (tertiary/aromatic N) is 3. The maximum Gasteiger partial charge on any atom is 0.272 e. The van der Waals surface area contributed by atoms with E-state index in [1.165, 1.54) is 11.3 Å². The fourth-order valence-corrected chi connectivity index (χ4v) is 5.15. The lowest BCUT2D eigenvalue weighted by Gasteiger charge is -2.25. The number of aromatic nitrogens is 1. The number of benzene rings is 2. The van der Waals surface area contributed by atoms with Crippen LogP contribution in [-0.2, 0) is 11.5 Å². The van der Waals surface area contributed by atoms with Crippen LogP contribution in [0.3, 0.4) is 0 Å². The second kappa shape index (κ2) is 6.67. The lowest BCUT2D eigenvalue weighted by molar-refractivity contribution is -0.110. The van der Waals surface area contributed by atoms with Crippen molar-refractivity contribution in [3.8, 4) is 0 Å². The van der Waals surface area contributed by atoms with Gasteiger partial charge in [0, 0.05) is 15.7 Å². The third-order valence-corrected chi connectivity index (χ3v) is 6.83. The Balaban J connectivity index is 1.66. The molecule has 3 heterocycles. The Labute approximate surface area is 178 Å². The number of fused-ring (bicyclic) bond motifs is 2. The summed E-state index contributed by atoms with van der Waals surface area (Å²) in [5.41, 5.74) is 4.92. The van der Waals surface area contributed by atoms with Gasteiger partial charge in [-0.25, -0.2) is 4.99 Å². The maximum atomic E-state index is 13.2. The summed E-state index contributed by atoms with van der Waals surface area (Å²) in [6.07, 6.45) is 0. The summed E-state index contributed by atoms with van der Waals surface area (Å²) >= 11 is 4.73. The minimum atomic E-state index is -0.227. The highest BCUT2D eigenvalue weighted by atomic mass is 79.9. The van der Waals surface area contributed by atoms with Gasteiger partial charge in [-0.2, -0.15) is 0 Å². The average Bonchev–Trinajstić information content (AvgIpc) is 3.18. The van der Waals surface area contributed by atoms with E-state index in [1.807, 2.05) is 55.1 Å². The van der Waals surface area contributed by atoms with E-state index >= 15 is 0 Å². The number of hydrogen-bond donors (Lipinski definition) is 1. The van der Waals surface area contributed by atoms with Crippen LogP contribution >= 0.6 is 27.3 Å². The molecule has 2 aliphatic heterocycles. The monoisotopic (exact) mass is 468 g/mol. The first-order valence-corrected chi connectivity index (χ1v) is 10.8. The molecule has 146 valence electrons. The Morgan fingerprint density at radius 2 is 1.90 bits per heavy atom. The molecule has 2 aliphatic rings. The summed E-state index contributed by atoms with van der Waals surface area (Å²) in [6, 6.07) is 11.9. The smallest absolute Gasteiger partial charge is 0.272 e. The zero-order chi connectivity index (χ0) is 20.3. The van der Waals surface area contributed by atoms with Crippen LogP contribution in [0, 0.1) is 13.8 Å². The molecule has 0 fully saturated rings. The Hall–Kier alpha value is -2.71. The van der Waals surface area contributed by atoms with Crippen LogP contribution in [0.15, 0.2) is 50.7 Å². The maximum absolute atomic E-state index is 13.2. The third kappa shape index (κ3) is 2.94. The van der Waals surface area contributed by atoms with E-state index in [0.29, 0.717) is 28.2 Å². The summed E-state index contributed by atoms with van der Waals surface area (Å²) < 4.78 is 3.09. The number of anilines is 2. The van der Waals surface area contributed by atoms with Crippen LogP contribution in [-0.4, -0.2) is 17.1 Å². The highest BCUT2D eigenvalue weighted by molar-refractivity contribution is 9.10. The summed E-state index contributed by atoms with van der Waals surface area (Å²) in [5.74, 6) is -0.227. The van der Waals surface area contributed by atoms with Gasteiger partial charge < -0.3 is 10.2 Å². The summed E-state index contributed by atoms with van der Waals surface area (Å²) in [5, 5.41) is 2.93. The Bertz CT molecular complexity index is 1360. The van der Waals surface area contributed by atoms with Gasteiger partial charge in [-0.15, -0.1) is 0 Å². The van der Waals surface area contributed by atoms with Crippen molar-refractivity contribution in [2.24, 2.45) is 4.99 Å². The molecular weight excluding hydrogens is 452 g/mol. The zero-order valence-electron chi connectivity index (χ0n) is 15.8. The largest absolute Gasteiger partial charge is 0.334 e. The minimum Gasteiger partial charge on any atom is -0.334 e. The first-order valence-electron chi connectivity index (χ1n) is 9.14. The molecule has 29 heavy (non-hydrogen) atoms. The Morgan fingerprint density at radius 1 is 1.14 bits per heavy atom. The van der Waals surface area contributed by atoms with Crippen molar-refractivity contribution < 1.29 is 4.79 Å². The first-order chi connectivity index (χ1) is 13.9. The lowest BCUT2D eigenvalue weighted by Crippen LogP contribution is -2.43. The predicted molar refractivity (Wildman–Crippen MR) is 118 cm³/mol. The van der Waals surface area contributed by atoms with E-state index in [1.54, 1.807) is 4.57 Å². The van der Waals surface area contributed by atoms with E-state index in [4.69, 9.17) is 0 Å². The van der Waals surface area contributed by atoms with Crippen molar-refractivity contribution in [3.63, 3.8) is 0 Å². The lowest BCUT2D eigenvalue weighted by atomic mass is 10.0. The highest BCUT2D eigenvalue weighted by Crippen LogP contribution is 2.33. The first kappa shape index (κ1) is 18.3. The number of thiazole rings is 1. The molecule has 1 aromatic heterocycles. The number of aryl methyl sites for hydroxylation is 2. The molecule has 0 saturated heterocycles. The van der Waals surface area contributed by atoms with Gasteiger partial charge in [0.25, 0.3) is 11.5 Å². The van der Waals surface area contributed by atoms with Crippen LogP contribution < -0.4 is 25.1 Å². The fourth-order valence-electron chi connectivity index (χ4n) is 3.83. The molecule has 0 spiro atoms. The van der Waals surface area contributed by atoms with E-state index in [2.05, 4.69) is 26.2 Å². The third-order valence-electron chi connectivity index (χ3n) is 5.19.